The highest BCUT2D eigenvalue weighted by atomic mass is 16.7. The fourth-order valence-corrected chi connectivity index (χ4v) is 8.62. The average Bonchev–Trinajstić information content (AvgIpc) is 3.55. The van der Waals surface area contributed by atoms with Crippen LogP contribution in [0.2, 0.25) is 0 Å². The van der Waals surface area contributed by atoms with E-state index in [9.17, 15) is 14.9 Å². The van der Waals surface area contributed by atoms with Gasteiger partial charge in [-0.1, -0.05) is 71.4 Å². The number of hydrogen-bond donors (Lipinski definition) is 1. The number of hydrogen-bond acceptors (Lipinski definition) is 6. The molecular formula is C35H52BN3O5. The van der Waals surface area contributed by atoms with Crippen molar-refractivity contribution < 1.29 is 23.6 Å². The van der Waals surface area contributed by atoms with Crippen LogP contribution in [0.5, 0.6) is 0 Å². The lowest BCUT2D eigenvalue weighted by Crippen LogP contribution is -2.65. The molecule has 5 aliphatic rings. The Labute approximate surface area is 264 Å². The number of benzene rings is 1. The Hall–Kier alpha value is -2.57. The van der Waals surface area contributed by atoms with Crippen molar-refractivity contribution in [2.45, 2.75) is 118 Å². The topological polar surface area (TPSA) is 101 Å². The highest BCUT2D eigenvalue weighted by molar-refractivity contribution is 6.47. The summed E-state index contributed by atoms with van der Waals surface area (Å²) in [5.41, 5.74) is 2.12. The summed E-state index contributed by atoms with van der Waals surface area (Å²) in [5, 5.41) is 13.0. The molecule has 8 atom stereocenters. The number of nitrogens with zero attached hydrogens (tertiary/aromatic N) is 2. The number of rotatable bonds is 9. The minimum atomic E-state index is -0.708. The van der Waals surface area contributed by atoms with Crippen LogP contribution in [0.4, 0.5) is 4.79 Å². The highest BCUT2D eigenvalue weighted by Gasteiger charge is 2.68. The monoisotopic (exact) mass is 605 g/mol. The van der Waals surface area contributed by atoms with Gasteiger partial charge >= 0.3 is 13.2 Å². The Morgan fingerprint density at radius 2 is 1.91 bits per heavy atom. The quantitative estimate of drug-likeness (QED) is 0.342. The van der Waals surface area contributed by atoms with Crippen LogP contribution in [0.3, 0.4) is 0 Å². The number of nitrogens with one attached hydrogen (secondary N) is 1. The van der Waals surface area contributed by atoms with Gasteiger partial charge < -0.3 is 24.3 Å². The summed E-state index contributed by atoms with van der Waals surface area (Å²) in [6, 6.07) is 10.3. The third-order valence-electron chi connectivity index (χ3n) is 11.2. The first-order valence-electron chi connectivity index (χ1n) is 16.6. The van der Waals surface area contributed by atoms with Gasteiger partial charge in [0, 0.05) is 6.54 Å². The van der Waals surface area contributed by atoms with E-state index in [1.807, 2.05) is 6.92 Å². The van der Waals surface area contributed by atoms with Crippen molar-refractivity contribution in [2.75, 3.05) is 13.2 Å². The number of carbonyl (C=O) groups excluding carboxylic acids is 2. The predicted octanol–water partition coefficient (Wildman–Crippen LogP) is 6.10. The van der Waals surface area contributed by atoms with Crippen LogP contribution in [0.25, 0.3) is 0 Å². The van der Waals surface area contributed by atoms with Crippen molar-refractivity contribution in [3.8, 4) is 6.07 Å². The van der Waals surface area contributed by atoms with E-state index in [2.05, 4.69) is 84.1 Å². The van der Waals surface area contributed by atoms with E-state index in [-0.39, 0.29) is 47.0 Å². The first kappa shape index (κ1) is 32.8. The molecule has 1 aromatic carbocycles. The lowest BCUT2D eigenvalue weighted by atomic mass is 9.43. The number of amides is 2. The summed E-state index contributed by atoms with van der Waals surface area (Å²) < 4.78 is 19.1. The molecule has 0 spiro atoms. The van der Waals surface area contributed by atoms with E-state index in [0.717, 1.165) is 37.7 Å². The van der Waals surface area contributed by atoms with Crippen LogP contribution in [0.15, 0.2) is 24.3 Å². The number of aryl methyl sites for hydroxylation is 1. The van der Waals surface area contributed by atoms with E-state index in [1.165, 1.54) is 5.56 Å². The Morgan fingerprint density at radius 1 is 1.20 bits per heavy atom. The van der Waals surface area contributed by atoms with E-state index in [1.54, 1.807) is 4.90 Å². The van der Waals surface area contributed by atoms with E-state index >= 15 is 0 Å². The molecule has 5 fully saturated rings. The van der Waals surface area contributed by atoms with Crippen LogP contribution >= 0.6 is 0 Å². The molecule has 2 unspecified atom stereocenters. The zero-order valence-electron chi connectivity index (χ0n) is 28.0. The van der Waals surface area contributed by atoms with Crippen LogP contribution < -0.4 is 5.32 Å². The van der Waals surface area contributed by atoms with Crippen LogP contribution in [0.1, 0.15) is 91.7 Å². The van der Waals surface area contributed by atoms with Crippen molar-refractivity contribution in [2.24, 2.45) is 34.5 Å². The molecule has 2 bridgehead atoms. The third-order valence-corrected chi connectivity index (χ3v) is 11.2. The molecule has 1 aromatic rings. The molecule has 0 radical (unpaired) electrons. The highest BCUT2D eigenvalue weighted by Crippen LogP contribution is 2.65. The SMILES string of the molecule is Cc1ccc(C[C@H](NC(=O)OC[C@H]2CCCN2C(=O)C(C#N)C(C)CC(C)(C)C)B2O[C@@H]3C[C@@H]4C[C@@H](C4(C)C)[C@]3(C)O2)cc1. The Morgan fingerprint density at radius 3 is 2.55 bits per heavy atom. The van der Waals surface area contributed by atoms with Gasteiger partial charge in [0.1, 0.15) is 12.5 Å². The number of likely N-dealkylation sites (tertiary alicyclic amines) is 1. The van der Waals surface area contributed by atoms with Crippen LogP contribution in [0, 0.1) is 52.8 Å². The molecular weight excluding hydrogens is 553 g/mol. The van der Waals surface area contributed by atoms with Crippen LogP contribution in [-0.2, 0) is 25.3 Å². The van der Waals surface area contributed by atoms with Crippen LogP contribution in [-0.4, -0.2) is 60.9 Å². The minimum absolute atomic E-state index is 0.00873. The molecule has 2 aliphatic heterocycles. The predicted molar refractivity (Wildman–Crippen MR) is 170 cm³/mol. The van der Waals surface area contributed by atoms with E-state index < -0.39 is 25.1 Å². The molecule has 44 heavy (non-hydrogen) atoms. The van der Waals surface area contributed by atoms with Crippen molar-refractivity contribution in [3.63, 3.8) is 0 Å². The molecule has 2 saturated heterocycles. The van der Waals surface area contributed by atoms with Gasteiger partial charge in [-0.2, -0.15) is 5.26 Å². The molecule has 1 N–H and O–H groups in total. The van der Waals surface area contributed by atoms with E-state index in [0.29, 0.717) is 24.8 Å². The van der Waals surface area contributed by atoms with Crippen molar-refractivity contribution in [1.29, 1.82) is 5.26 Å². The smallest absolute Gasteiger partial charge is 0.447 e. The summed E-state index contributed by atoms with van der Waals surface area (Å²) in [6.07, 6.45) is 4.49. The van der Waals surface area contributed by atoms with Gasteiger partial charge in [0.2, 0.25) is 5.91 Å². The van der Waals surface area contributed by atoms with Gasteiger partial charge in [0.25, 0.3) is 0 Å². The minimum Gasteiger partial charge on any atom is -0.447 e. The molecule has 8 nitrogen and oxygen atoms in total. The maximum Gasteiger partial charge on any atom is 0.482 e. The van der Waals surface area contributed by atoms with E-state index in [4.69, 9.17) is 14.0 Å². The second-order valence-corrected chi connectivity index (χ2v) is 16.1. The summed E-state index contributed by atoms with van der Waals surface area (Å²) >= 11 is 0. The fraction of sp³-hybridized carbons (Fsp3) is 0.743. The lowest BCUT2D eigenvalue weighted by molar-refractivity contribution is -0.199. The summed E-state index contributed by atoms with van der Waals surface area (Å²) in [6.45, 7) is 17.9. The second-order valence-electron chi connectivity index (χ2n) is 16.1. The largest absolute Gasteiger partial charge is 0.482 e. The van der Waals surface area contributed by atoms with Gasteiger partial charge in [0.05, 0.1) is 29.8 Å². The Balaban J connectivity index is 1.23. The maximum atomic E-state index is 13.5. The summed E-state index contributed by atoms with van der Waals surface area (Å²) in [5.74, 6) is -0.303. The molecule has 6 rings (SSSR count). The molecule has 9 heteroatoms. The van der Waals surface area contributed by atoms with Gasteiger partial charge in [-0.05, 0) is 86.5 Å². The normalized spacial score (nSPS) is 30.9. The molecule has 240 valence electrons. The molecule has 3 saturated carbocycles. The zero-order valence-corrected chi connectivity index (χ0v) is 28.0. The summed E-state index contributed by atoms with van der Waals surface area (Å²) in [4.78, 5) is 28.6. The third kappa shape index (κ3) is 6.53. The Bertz CT molecular complexity index is 1260. The average molecular weight is 606 g/mol. The van der Waals surface area contributed by atoms with Gasteiger partial charge in [-0.25, -0.2) is 4.79 Å². The van der Waals surface area contributed by atoms with Crippen molar-refractivity contribution >= 4 is 19.1 Å². The summed E-state index contributed by atoms with van der Waals surface area (Å²) in [7, 11) is -0.584. The fourth-order valence-electron chi connectivity index (χ4n) is 8.62. The molecule has 2 amide bonds. The standard InChI is InChI=1S/C35H52BN3O5/c1-22-11-13-24(14-12-22)16-30(36-43-29-18-25-17-28(34(25,6)7)35(29,8)44-36)38-32(41)42-21-26-10-9-15-39(26)31(40)27(20-37)23(2)19-33(3,4)5/h11-14,23,25-30H,9-10,15-19,21H2,1-8H3,(H,38,41)/t23?,25-,26+,27?,28-,29+,30-,35-/m0/s1. The lowest BCUT2D eigenvalue weighted by Gasteiger charge is -2.64. The number of ether oxygens (including phenoxy) is 1. The Kier molecular flexibility index (Phi) is 9.19. The first-order chi connectivity index (χ1) is 20.6. The second kappa shape index (κ2) is 12.3. The number of nitriles is 1. The number of carbonyl (C=O) groups is 2. The molecule has 3 aliphatic carbocycles. The first-order valence-corrected chi connectivity index (χ1v) is 16.6. The zero-order chi connectivity index (χ0) is 32.0. The number of alkyl carbamates (subject to hydrolysis) is 1. The maximum absolute atomic E-state index is 13.5. The van der Waals surface area contributed by atoms with Crippen molar-refractivity contribution in [1.82, 2.24) is 10.2 Å². The van der Waals surface area contributed by atoms with Gasteiger partial charge in [-0.3, -0.25) is 4.79 Å². The molecule has 2 heterocycles. The van der Waals surface area contributed by atoms with Gasteiger partial charge in [-0.15, -0.1) is 0 Å². The van der Waals surface area contributed by atoms with Crippen molar-refractivity contribution in [3.05, 3.63) is 35.4 Å². The van der Waals surface area contributed by atoms with Gasteiger partial charge in [0.15, 0.2) is 0 Å². The molecule has 0 aromatic heterocycles.